The Morgan fingerprint density at radius 3 is 2.22 bits per heavy atom. The van der Waals surface area contributed by atoms with Crippen molar-refractivity contribution in [2.75, 3.05) is 5.88 Å². The Labute approximate surface area is 111 Å². The van der Waals surface area contributed by atoms with Crippen LogP contribution < -0.4 is 0 Å². The van der Waals surface area contributed by atoms with E-state index in [2.05, 4.69) is 0 Å². The Kier molecular flexibility index (Phi) is 4.71. The standard InChI is InChI=1S/C14H18ClF3/c1-13(2,3)12(9-15)8-10-5-4-6-11(7-10)14(16,17)18/h4-7,12H,8-9H2,1-3H3. The molecule has 0 aliphatic heterocycles. The zero-order valence-electron chi connectivity index (χ0n) is 10.8. The Morgan fingerprint density at radius 2 is 1.78 bits per heavy atom. The Bertz CT molecular complexity index is 391. The first kappa shape index (κ1) is 15.4. The van der Waals surface area contributed by atoms with E-state index in [0.29, 0.717) is 17.9 Å². The van der Waals surface area contributed by atoms with Gasteiger partial charge in [0.1, 0.15) is 0 Å². The number of benzene rings is 1. The summed E-state index contributed by atoms with van der Waals surface area (Å²) in [4.78, 5) is 0. The summed E-state index contributed by atoms with van der Waals surface area (Å²) in [7, 11) is 0. The van der Waals surface area contributed by atoms with Crippen LogP contribution in [0.3, 0.4) is 0 Å². The lowest BCUT2D eigenvalue weighted by molar-refractivity contribution is -0.137. The Morgan fingerprint density at radius 1 is 1.17 bits per heavy atom. The van der Waals surface area contributed by atoms with Crippen molar-refractivity contribution in [3.63, 3.8) is 0 Å². The lowest BCUT2D eigenvalue weighted by atomic mass is 9.78. The van der Waals surface area contributed by atoms with E-state index in [-0.39, 0.29) is 11.3 Å². The van der Waals surface area contributed by atoms with Gasteiger partial charge in [-0.25, -0.2) is 0 Å². The van der Waals surface area contributed by atoms with Crippen LogP contribution in [0.4, 0.5) is 13.2 Å². The fourth-order valence-corrected chi connectivity index (χ4v) is 2.32. The summed E-state index contributed by atoms with van der Waals surface area (Å²) in [5.74, 6) is 0.599. The van der Waals surface area contributed by atoms with Gasteiger partial charge in [-0.1, -0.05) is 39.0 Å². The summed E-state index contributed by atoms with van der Waals surface area (Å²) >= 11 is 5.91. The van der Waals surface area contributed by atoms with E-state index < -0.39 is 11.7 Å². The molecule has 0 fully saturated rings. The highest BCUT2D eigenvalue weighted by atomic mass is 35.5. The fraction of sp³-hybridized carbons (Fsp3) is 0.571. The topological polar surface area (TPSA) is 0 Å². The highest BCUT2D eigenvalue weighted by Crippen LogP contribution is 2.33. The number of hydrogen-bond donors (Lipinski definition) is 0. The monoisotopic (exact) mass is 278 g/mol. The molecule has 1 aromatic rings. The van der Waals surface area contributed by atoms with Gasteiger partial charge >= 0.3 is 6.18 Å². The van der Waals surface area contributed by atoms with Crippen molar-refractivity contribution in [1.82, 2.24) is 0 Å². The van der Waals surface area contributed by atoms with Crippen LogP contribution in [0.15, 0.2) is 24.3 Å². The van der Waals surface area contributed by atoms with Crippen LogP contribution in [-0.2, 0) is 12.6 Å². The van der Waals surface area contributed by atoms with Crippen LogP contribution in [0.2, 0.25) is 0 Å². The summed E-state index contributed by atoms with van der Waals surface area (Å²) < 4.78 is 37.8. The largest absolute Gasteiger partial charge is 0.416 e. The molecule has 0 aliphatic carbocycles. The van der Waals surface area contributed by atoms with Crippen LogP contribution in [0.25, 0.3) is 0 Å². The average molecular weight is 279 g/mol. The van der Waals surface area contributed by atoms with Gasteiger partial charge < -0.3 is 0 Å². The number of rotatable bonds is 3. The molecule has 1 atom stereocenters. The summed E-state index contributed by atoms with van der Waals surface area (Å²) in [6, 6.07) is 5.48. The number of hydrogen-bond acceptors (Lipinski definition) is 0. The second kappa shape index (κ2) is 5.52. The van der Waals surface area contributed by atoms with Gasteiger partial charge in [0, 0.05) is 5.88 Å². The van der Waals surface area contributed by atoms with E-state index in [9.17, 15) is 13.2 Å². The van der Waals surface area contributed by atoms with Gasteiger partial charge in [-0.3, -0.25) is 0 Å². The predicted molar refractivity (Wildman–Crippen MR) is 68.8 cm³/mol. The van der Waals surface area contributed by atoms with Crippen molar-refractivity contribution >= 4 is 11.6 Å². The van der Waals surface area contributed by atoms with Crippen molar-refractivity contribution < 1.29 is 13.2 Å². The van der Waals surface area contributed by atoms with E-state index in [1.165, 1.54) is 12.1 Å². The van der Waals surface area contributed by atoms with E-state index in [4.69, 9.17) is 11.6 Å². The van der Waals surface area contributed by atoms with Gasteiger partial charge in [-0.15, -0.1) is 11.6 Å². The predicted octanol–water partition coefficient (Wildman–Crippen LogP) is 5.15. The van der Waals surface area contributed by atoms with Crippen molar-refractivity contribution in [1.29, 1.82) is 0 Å². The minimum Gasteiger partial charge on any atom is -0.166 e. The fourth-order valence-electron chi connectivity index (χ4n) is 1.75. The first-order valence-corrected chi connectivity index (χ1v) is 6.40. The molecule has 0 spiro atoms. The Hall–Kier alpha value is -0.700. The van der Waals surface area contributed by atoms with Gasteiger partial charge in [-0.05, 0) is 29.4 Å². The van der Waals surface area contributed by atoms with Crippen LogP contribution in [0, 0.1) is 11.3 Å². The first-order chi connectivity index (χ1) is 8.14. The normalized spacial score (nSPS) is 14.6. The van der Waals surface area contributed by atoms with Gasteiger partial charge in [0.15, 0.2) is 0 Å². The minimum absolute atomic E-state index is 0.0179. The lowest BCUT2D eigenvalue weighted by Crippen LogP contribution is -2.24. The van der Waals surface area contributed by atoms with Crippen LogP contribution in [-0.4, -0.2) is 5.88 Å². The molecule has 0 bridgehead atoms. The summed E-state index contributed by atoms with van der Waals surface area (Å²) in [5, 5.41) is 0. The zero-order valence-corrected chi connectivity index (χ0v) is 11.6. The molecule has 0 saturated carbocycles. The van der Waals surface area contributed by atoms with Crippen molar-refractivity contribution in [3.05, 3.63) is 35.4 Å². The Balaban J connectivity index is 2.92. The highest BCUT2D eigenvalue weighted by molar-refractivity contribution is 6.18. The average Bonchev–Trinajstić information content (AvgIpc) is 2.23. The lowest BCUT2D eigenvalue weighted by Gasteiger charge is -2.29. The molecule has 18 heavy (non-hydrogen) atoms. The molecule has 0 radical (unpaired) electrons. The van der Waals surface area contributed by atoms with Gasteiger partial charge in [0.2, 0.25) is 0 Å². The maximum Gasteiger partial charge on any atom is 0.416 e. The van der Waals surface area contributed by atoms with Crippen LogP contribution in [0.1, 0.15) is 31.9 Å². The quantitative estimate of drug-likeness (QED) is 0.671. The maximum atomic E-state index is 12.6. The summed E-state index contributed by atoms with van der Waals surface area (Å²) in [5.41, 5.74) is 0.0725. The molecule has 4 heteroatoms. The number of halogens is 4. The molecule has 102 valence electrons. The van der Waals surface area contributed by atoms with Crippen molar-refractivity contribution in [2.24, 2.45) is 11.3 Å². The summed E-state index contributed by atoms with van der Waals surface area (Å²) in [6.45, 7) is 6.15. The van der Waals surface area contributed by atoms with Gasteiger partial charge in [-0.2, -0.15) is 13.2 Å². The molecule has 0 aliphatic rings. The molecule has 0 heterocycles. The second-order valence-corrected chi connectivity index (χ2v) is 5.93. The number of alkyl halides is 4. The first-order valence-electron chi connectivity index (χ1n) is 5.86. The molecule has 0 nitrogen and oxygen atoms in total. The van der Waals surface area contributed by atoms with Crippen LogP contribution in [0.5, 0.6) is 0 Å². The zero-order chi connectivity index (χ0) is 14.0. The molecule has 0 amide bonds. The van der Waals surface area contributed by atoms with E-state index in [1.54, 1.807) is 6.07 Å². The molecule has 0 aromatic heterocycles. The molecular formula is C14H18ClF3. The smallest absolute Gasteiger partial charge is 0.166 e. The maximum absolute atomic E-state index is 12.6. The third-order valence-electron chi connectivity index (χ3n) is 3.15. The van der Waals surface area contributed by atoms with E-state index in [1.807, 2.05) is 20.8 Å². The van der Waals surface area contributed by atoms with Gasteiger partial charge in [0.05, 0.1) is 5.56 Å². The second-order valence-electron chi connectivity index (χ2n) is 5.62. The van der Waals surface area contributed by atoms with Crippen molar-refractivity contribution in [2.45, 2.75) is 33.4 Å². The molecule has 1 aromatic carbocycles. The van der Waals surface area contributed by atoms with Crippen LogP contribution >= 0.6 is 11.6 Å². The third kappa shape index (κ3) is 4.20. The highest BCUT2D eigenvalue weighted by Gasteiger charge is 2.31. The van der Waals surface area contributed by atoms with E-state index in [0.717, 1.165) is 6.07 Å². The molecule has 1 unspecified atom stereocenters. The molecule has 0 saturated heterocycles. The van der Waals surface area contributed by atoms with E-state index >= 15 is 0 Å². The third-order valence-corrected chi connectivity index (χ3v) is 3.52. The minimum atomic E-state index is -4.28. The molecule has 1 rings (SSSR count). The van der Waals surface area contributed by atoms with Gasteiger partial charge in [0.25, 0.3) is 0 Å². The molecular weight excluding hydrogens is 261 g/mol. The SMILES string of the molecule is CC(C)(C)C(CCl)Cc1cccc(C(F)(F)F)c1. The summed E-state index contributed by atoms with van der Waals surface area (Å²) in [6.07, 6.45) is -3.72. The molecule has 0 N–H and O–H groups in total. The van der Waals surface area contributed by atoms with Crippen molar-refractivity contribution in [3.8, 4) is 0 Å².